The van der Waals surface area contributed by atoms with Gasteiger partial charge in [-0.2, -0.15) is 10.2 Å². The van der Waals surface area contributed by atoms with Crippen LogP contribution in [-0.2, 0) is 12.0 Å². The molecule has 30 heavy (non-hydrogen) atoms. The van der Waals surface area contributed by atoms with Crippen LogP contribution in [0, 0.1) is 0 Å². The van der Waals surface area contributed by atoms with Crippen molar-refractivity contribution in [3.63, 3.8) is 0 Å². The molecule has 2 aromatic carbocycles. The van der Waals surface area contributed by atoms with Gasteiger partial charge in [0.2, 0.25) is 0 Å². The molecule has 154 valence electrons. The first kappa shape index (κ1) is 20.0. The smallest absolute Gasteiger partial charge is 0.319 e. The summed E-state index contributed by atoms with van der Waals surface area (Å²) in [5, 5.41) is 19.0. The summed E-state index contributed by atoms with van der Waals surface area (Å²) >= 11 is 6.17. The van der Waals surface area contributed by atoms with Gasteiger partial charge in [-0.25, -0.2) is 9.48 Å². The zero-order valence-corrected chi connectivity index (χ0v) is 17.8. The fraction of sp³-hybridized carbons (Fsp3) is 0.227. The highest BCUT2D eigenvalue weighted by atomic mass is 35.5. The first-order chi connectivity index (χ1) is 14.3. The molecule has 0 bridgehead atoms. The number of anilines is 1. The lowest BCUT2D eigenvalue weighted by atomic mass is 9.92. The van der Waals surface area contributed by atoms with E-state index in [1.54, 1.807) is 6.20 Å². The standard InChI is InChI=1S/C22H23ClN6O/c1-22(2,3)20-11-18(29(28-20)17-6-4-5-15(23)10-17)13-24-21(30)26-16-7-8-19-14(9-16)12-25-27-19/h4-12H,13H2,1-3H3,(H,25,27)(H2,24,26,30). The molecule has 2 aromatic heterocycles. The monoisotopic (exact) mass is 422 g/mol. The third kappa shape index (κ3) is 4.31. The van der Waals surface area contributed by atoms with Crippen molar-refractivity contribution in [2.45, 2.75) is 32.7 Å². The molecular formula is C22H23ClN6O. The molecule has 0 saturated carbocycles. The molecule has 0 aliphatic carbocycles. The van der Waals surface area contributed by atoms with Gasteiger partial charge in [0.1, 0.15) is 0 Å². The highest BCUT2D eigenvalue weighted by Crippen LogP contribution is 2.25. The first-order valence-corrected chi connectivity index (χ1v) is 10.0. The van der Waals surface area contributed by atoms with Crippen LogP contribution in [0.2, 0.25) is 5.02 Å². The van der Waals surface area contributed by atoms with Crippen molar-refractivity contribution in [3.8, 4) is 5.69 Å². The second-order valence-electron chi connectivity index (χ2n) is 8.14. The summed E-state index contributed by atoms with van der Waals surface area (Å²) in [6.07, 6.45) is 1.72. The number of hydrogen-bond acceptors (Lipinski definition) is 3. The molecule has 0 unspecified atom stereocenters. The molecular weight excluding hydrogens is 400 g/mol. The molecule has 0 fully saturated rings. The summed E-state index contributed by atoms with van der Waals surface area (Å²) in [7, 11) is 0. The Bertz CT molecular complexity index is 1200. The quantitative estimate of drug-likeness (QED) is 0.431. The number of rotatable bonds is 4. The van der Waals surface area contributed by atoms with Crippen LogP contribution < -0.4 is 10.6 Å². The molecule has 0 spiro atoms. The zero-order chi connectivity index (χ0) is 21.3. The Morgan fingerprint density at radius 1 is 1.17 bits per heavy atom. The van der Waals surface area contributed by atoms with Crippen molar-refractivity contribution in [2.24, 2.45) is 0 Å². The van der Waals surface area contributed by atoms with E-state index < -0.39 is 0 Å². The molecule has 0 atom stereocenters. The maximum absolute atomic E-state index is 12.5. The minimum Gasteiger partial charge on any atom is -0.332 e. The molecule has 4 rings (SSSR count). The highest BCUT2D eigenvalue weighted by Gasteiger charge is 2.21. The number of nitrogens with zero attached hydrogens (tertiary/aromatic N) is 3. The molecule has 0 aliphatic heterocycles. The topological polar surface area (TPSA) is 87.6 Å². The van der Waals surface area contributed by atoms with Gasteiger partial charge in [-0.15, -0.1) is 0 Å². The Hall–Kier alpha value is -3.32. The van der Waals surface area contributed by atoms with Crippen molar-refractivity contribution < 1.29 is 4.79 Å². The van der Waals surface area contributed by atoms with E-state index in [0.29, 0.717) is 17.3 Å². The van der Waals surface area contributed by atoms with Gasteiger partial charge in [0.15, 0.2) is 0 Å². The predicted octanol–water partition coefficient (Wildman–Crippen LogP) is 5.02. The average Bonchev–Trinajstić information content (AvgIpc) is 3.32. The SMILES string of the molecule is CC(C)(C)c1cc(CNC(=O)Nc2ccc3[nH]ncc3c2)n(-c2cccc(Cl)c2)n1. The van der Waals surface area contributed by atoms with Crippen molar-refractivity contribution >= 4 is 34.2 Å². The number of carbonyl (C=O) groups is 1. The fourth-order valence-corrected chi connectivity index (χ4v) is 3.29. The van der Waals surface area contributed by atoms with Crippen molar-refractivity contribution in [3.05, 3.63) is 71.1 Å². The van der Waals surface area contributed by atoms with Crippen LogP contribution in [0.3, 0.4) is 0 Å². The van der Waals surface area contributed by atoms with Gasteiger partial charge in [0.25, 0.3) is 0 Å². The van der Waals surface area contributed by atoms with E-state index in [9.17, 15) is 4.79 Å². The Morgan fingerprint density at radius 2 is 2.00 bits per heavy atom. The van der Waals surface area contributed by atoms with Gasteiger partial charge in [-0.3, -0.25) is 5.10 Å². The number of carbonyl (C=O) groups excluding carboxylic acids is 1. The van der Waals surface area contributed by atoms with Crippen LogP contribution in [0.5, 0.6) is 0 Å². The Labute approximate surface area is 179 Å². The number of urea groups is 1. The van der Waals surface area contributed by atoms with Crippen molar-refractivity contribution in [2.75, 3.05) is 5.32 Å². The van der Waals surface area contributed by atoms with Gasteiger partial charge in [0, 0.05) is 21.5 Å². The Kier molecular flexibility index (Phi) is 5.22. The zero-order valence-electron chi connectivity index (χ0n) is 17.0. The number of H-pyrrole nitrogens is 1. The van der Waals surface area contributed by atoms with E-state index >= 15 is 0 Å². The van der Waals surface area contributed by atoms with Crippen LogP contribution in [0.1, 0.15) is 32.2 Å². The summed E-state index contributed by atoms with van der Waals surface area (Å²) in [5.74, 6) is 0. The van der Waals surface area contributed by atoms with E-state index in [1.807, 2.05) is 53.2 Å². The lowest BCUT2D eigenvalue weighted by Crippen LogP contribution is -2.29. The molecule has 3 N–H and O–H groups in total. The van der Waals surface area contributed by atoms with Crippen LogP contribution in [0.4, 0.5) is 10.5 Å². The fourth-order valence-electron chi connectivity index (χ4n) is 3.11. The molecule has 7 nitrogen and oxygen atoms in total. The number of hydrogen-bond donors (Lipinski definition) is 3. The number of aromatic nitrogens is 4. The second kappa shape index (κ2) is 7.84. The molecule has 0 radical (unpaired) electrons. The van der Waals surface area contributed by atoms with Crippen LogP contribution in [0.15, 0.2) is 54.7 Å². The van der Waals surface area contributed by atoms with Crippen LogP contribution in [0.25, 0.3) is 16.6 Å². The summed E-state index contributed by atoms with van der Waals surface area (Å²) in [4.78, 5) is 12.5. The number of fused-ring (bicyclic) bond motifs is 1. The normalized spacial score (nSPS) is 11.6. The summed E-state index contributed by atoms with van der Waals surface area (Å²) in [6, 6.07) is 14.8. The van der Waals surface area contributed by atoms with Gasteiger partial charge in [0.05, 0.1) is 35.3 Å². The number of benzene rings is 2. The maximum atomic E-state index is 12.5. The lowest BCUT2D eigenvalue weighted by molar-refractivity contribution is 0.251. The molecule has 2 heterocycles. The molecule has 0 saturated heterocycles. The van der Waals surface area contributed by atoms with Gasteiger partial charge in [-0.05, 0) is 42.5 Å². The van der Waals surface area contributed by atoms with Crippen molar-refractivity contribution in [1.29, 1.82) is 0 Å². The number of aromatic amines is 1. The Balaban J connectivity index is 1.52. The number of nitrogens with one attached hydrogen (secondary N) is 3. The largest absolute Gasteiger partial charge is 0.332 e. The summed E-state index contributed by atoms with van der Waals surface area (Å²) < 4.78 is 1.82. The van der Waals surface area contributed by atoms with E-state index in [1.165, 1.54) is 0 Å². The molecule has 4 aromatic rings. The van der Waals surface area contributed by atoms with Crippen LogP contribution >= 0.6 is 11.6 Å². The Morgan fingerprint density at radius 3 is 2.77 bits per heavy atom. The molecule has 0 aliphatic rings. The summed E-state index contributed by atoms with van der Waals surface area (Å²) in [5.41, 5.74) is 4.13. The second-order valence-corrected chi connectivity index (χ2v) is 8.58. The van der Waals surface area contributed by atoms with E-state index in [2.05, 4.69) is 41.6 Å². The van der Waals surface area contributed by atoms with Gasteiger partial charge < -0.3 is 10.6 Å². The predicted molar refractivity (Wildman–Crippen MR) is 119 cm³/mol. The third-order valence-electron chi connectivity index (χ3n) is 4.73. The van der Waals surface area contributed by atoms with E-state index in [4.69, 9.17) is 16.7 Å². The average molecular weight is 423 g/mol. The lowest BCUT2D eigenvalue weighted by Gasteiger charge is -2.14. The molecule has 8 heteroatoms. The van der Waals surface area contributed by atoms with E-state index in [0.717, 1.165) is 28.0 Å². The highest BCUT2D eigenvalue weighted by molar-refractivity contribution is 6.30. The number of amides is 2. The number of halogens is 1. The van der Waals surface area contributed by atoms with Gasteiger partial charge >= 0.3 is 6.03 Å². The minimum atomic E-state index is -0.297. The third-order valence-corrected chi connectivity index (χ3v) is 4.97. The first-order valence-electron chi connectivity index (χ1n) is 9.63. The summed E-state index contributed by atoms with van der Waals surface area (Å²) in [6.45, 7) is 6.63. The van der Waals surface area contributed by atoms with E-state index in [-0.39, 0.29) is 11.4 Å². The van der Waals surface area contributed by atoms with Crippen LogP contribution in [-0.4, -0.2) is 26.0 Å². The molecule has 2 amide bonds. The minimum absolute atomic E-state index is 0.124. The maximum Gasteiger partial charge on any atom is 0.319 e. The van der Waals surface area contributed by atoms with Gasteiger partial charge in [-0.1, -0.05) is 38.4 Å². The van der Waals surface area contributed by atoms with Crippen molar-refractivity contribution in [1.82, 2.24) is 25.3 Å².